The molecule has 5 aromatic rings. The van der Waals surface area contributed by atoms with Crippen LogP contribution in [-0.4, -0.2) is 20.9 Å². The number of hydrogen-bond acceptors (Lipinski definition) is 5. The molecular formula is C41H49IrN2O2S-. The van der Waals surface area contributed by atoms with E-state index in [1.165, 1.54) is 27.1 Å². The van der Waals surface area contributed by atoms with Crippen LogP contribution in [0.25, 0.3) is 43.4 Å². The molecule has 6 heteroatoms. The molecule has 5 rings (SSSR count). The zero-order valence-electron chi connectivity index (χ0n) is 29.3. The zero-order valence-corrected chi connectivity index (χ0v) is 32.5. The molecule has 3 heterocycles. The first-order chi connectivity index (χ1) is 21.8. The summed E-state index contributed by atoms with van der Waals surface area (Å²) in [7, 11) is 0. The maximum atomic E-state index is 12.2. The molecule has 0 aliphatic rings. The number of carbonyl (C=O) groups excluding carboxylic acids is 1. The van der Waals surface area contributed by atoms with Crippen molar-refractivity contribution in [1.29, 1.82) is 0 Å². The van der Waals surface area contributed by atoms with Crippen molar-refractivity contribution >= 4 is 38.0 Å². The smallest absolute Gasteiger partial charge is 0.164 e. The summed E-state index contributed by atoms with van der Waals surface area (Å²) >= 11 is 1.73. The van der Waals surface area contributed by atoms with E-state index in [1.54, 1.807) is 11.3 Å². The Morgan fingerprint density at radius 2 is 1.49 bits per heavy atom. The molecule has 1 radical (unpaired) electrons. The number of benzene rings is 2. The fraction of sp³-hybridized carbons (Fsp3) is 0.390. The average molecular weight is 826 g/mol. The fourth-order valence-corrected chi connectivity index (χ4v) is 6.40. The third-order valence-electron chi connectivity index (χ3n) is 9.86. The Kier molecular flexibility index (Phi) is 12.9. The van der Waals surface area contributed by atoms with Crippen LogP contribution in [-0.2, 0) is 30.3 Å². The second-order valence-corrected chi connectivity index (χ2v) is 14.7. The van der Waals surface area contributed by atoms with Gasteiger partial charge in [0.2, 0.25) is 0 Å². The van der Waals surface area contributed by atoms with E-state index in [1.807, 2.05) is 60.0 Å². The summed E-state index contributed by atoms with van der Waals surface area (Å²) in [6.45, 7) is 18.8. The zero-order chi connectivity index (χ0) is 33.7. The van der Waals surface area contributed by atoms with Crippen molar-refractivity contribution in [3.05, 3.63) is 95.8 Å². The topological polar surface area (TPSA) is 63.1 Å². The molecule has 0 amide bonds. The number of pyridine rings is 2. The molecule has 0 atom stereocenters. The van der Waals surface area contributed by atoms with Crippen molar-refractivity contribution in [1.82, 2.24) is 9.97 Å². The molecule has 251 valence electrons. The molecule has 0 saturated heterocycles. The van der Waals surface area contributed by atoms with E-state index in [-0.39, 0.29) is 47.9 Å². The third-order valence-corrected chi connectivity index (χ3v) is 10.8. The summed E-state index contributed by atoms with van der Waals surface area (Å²) < 4.78 is 1.21. The molecule has 0 aliphatic heterocycles. The van der Waals surface area contributed by atoms with Crippen molar-refractivity contribution in [3.63, 3.8) is 0 Å². The molecule has 4 nitrogen and oxygen atoms in total. The summed E-state index contributed by atoms with van der Waals surface area (Å²) in [4.78, 5) is 21.5. The van der Waals surface area contributed by atoms with Gasteiger partial charge in [-0.3, -0.25) is 14.8 Å². The Labute approximate surface area is 299 Å². The minimum absolute atomic E-state index is 0. The Morgan fingerprint density at radius 1 is 0.851 bits per heavy atom. The first-order valence-electron chi connectivity index (χ1n) is 16.5. The first-order valence-corrected chi connectivity index (χ1v) is 17.4. The van der Waals surface area contributed by atoms with Crippen LogP contribution in [0, 0.1) is 16.9 Å². The Balaban J connectivity index is 0.000000290. The Bertz CT molecular complexity index is 1840. The molecule has 3 aromatic heterocycles. The van der Waals surface area contributed by atoms with Crippen molar-refractivity contribution in [2.24, 2.45) is 10.8 Å². The van der Waals surface area contributed by atoms with E-state index in [9.17, 15) is 9.90 Å². The maximum Gasteiger partial charge on any atom is 0.164 e. The standard InChI is InChI=1S/C26H21N2S.C15H28O2.Ir/c1-26(2,3)22-15-20(14-18-6-4-5-7-21(18)22)23-16-19(9-11-27-23)24-25-17(8-12-28-24)10-13-29-25;1-7-14(5,8-2)12(16)11-13(17)15(6,9-3)10-4;/h4-13,15-16H,1-3H3;11,16H,7-10H2,1-6H3;/q-1;;/b;12-11-;. The number of aromatic nitrogens is 2. The minimum atomic E-state index is -0.337. The van der Waals surface area contributed by atoms with Gasteiger partial charge >= 0.3 is 0 Å². The van der Waals surface area contributed by atoms with E-state index in [4.69, 9.17) is 0 Å². The van der Waals surface area contributed by atoms with Crippen molar-refractivity contribution in [3.8, 4) is 22.5 Å². The molecule has 0 aliphatic carbocycles. The number of rotatable bonds is 9. The Morgan fingerprint density at radius 3 is 2.13 bits per heavy atom. The van der Waals surface area contributed by atoms with Crippen LogP contribution in [0.4, 0.5) is 0 Å². The van der Waals surface area contributed by atoms with Gasteiger partial charge in [0, 0.05) is 55.1 Å². The normalized spacial score (nSPS) is 12.4. The van der Waals surface area contributed by atoms with Gasteiger partial charge in [-0.15, -0.1) is 40.5 Å². The minimum Gasteiger partial charge on any atom is -0.512 e. The number of carbonyl (C=O) groups is 1. The van der Waals surface area contributed by atoms with Crippen LogP contribution < -0.4 is 0 Å². The summed E-state index contributed by atoms with van der Waals surface area (Å²) in [5.41, 5.74) is 4.79. The SMILES string of the molecule is CC(C)(C)c1cc(-c2cc(-c3nccc4ccsc34)ccn2)[c-]c2ccccc12.CCC(C)(CC)C(=O)/C=C(\O)C(C)(CC)CC.[Ir]. The monoisotopic (exact) mass is 826 g/mol. The van der Waals surface area contributed by atoms with Gasteiger partial charge in [-0.2, -0.15) is 0 Å². The second-order valence-electron chi connectivity index (χ2n) is 13.7. The fourth-order valence-electron chi connectivity index (χ4n) is 5.50. The van der Waals surface area contributed by atoms with Crippen LogP contribution in [0.3, 0.4) is 0 Å². The van der Waals surface area contributed by atoms with Gasteiger partial charge in [0.25, 0.3) is 0 Å². The second kappa shape index (κ2) is 15.8. The molecule has 0 fully saturated rings. The number of fused-ring (bicyclic) bond motifs is 2. The largest absolute Gasteiger partial charge is 0.512 e. The molecule has 0 unspecified atom stereocenters. The van der Waals surface area contributed by atoms with Gasteiger partial charge in [0.15, 0.2) is 5.78 Å². The molecule has 2 aromatic carbocycles. The third kappa shape index (κ3) is 8.46. The molecule has 0 saturated carbocycles. The summed E-state index contributed by atoms with van der Waals surface area (Å²) in [5.74, 6) is 0.286. The van der Waals surface area contributed by atoms with Gasteiger partial charge < -0.3 is 5.11 Å². The van der Waals surface area contributed by atoms with E-state index >= 15 is 0 Å². The predicted molar refractivity (Wildman–Crippen MR) is 196 cm³/mol. The van der Waals surface area contributed by atoms with Gasteiger partial charge in [-0.1, -0.05) is 97.5 Å². The van der Waals surface area contributed by atoms with E-state index in [0.29, 0.717) is 0 Å². The number of ketones is 1. The number of thiophene rings is 1. The van der Waals surface area contributed by atoms with Gasteiger partial charge in [0.1, 0.15) is 5.76 Å². The number of aliphatic hydroxyl groups excluding tert-OH is 1. The summed E-state index contributed by atoms with van der Waals surface area (Å²) in [5, 5.41) is 15.9. The molecular weight excluding hydrogens is 777 g/mol. The molecule has 1 N–H and O–H groups in total. The van der Waals surface area contributed by atoms with Crippen molar-refractivity contribution in [2.75, 3.05) is 0 Å². The van der Waals surface area contributed by atoms with Crippen LogP contribution >= 0.6 is 11.3 Å². The number of aliphatic hydroxyl groups is 1. The number of allylic oxidation sites excluding steroid dienone is 2. The van der Waals surface area contributed by atoms with Crippen molar-refractivity contribution in [2.45, 2.75) is 93.4 Å². The predicted octanol–water partition coefficient (Wildman–Crippen LogP) is 11.9. The quantitative estimate of drug-likeness (QED) is 0.0913. The first kappa shape index (κ1) is 38.3. The van der Waals surface area contributed by atoms with Crippen molar-refractivity contribution < 1.29 is 30.0 Å². The van der Waals surface area contributed by atoms with Crippen LogP contribution in [0.1, 0.15) is 93.6 Å². The van der Waals surface area contributed by atoms with Crippen LogP contribution in [0.2, 0.25) is 0 Å². The van der Waals surface area contributed by atoms with Crippen LogP contribution in [0.15, 0.2) is 84.2 Å². The average Bonchev–Trinajstić information content (AvgIpc) is 3.56. The van der Waals surface area contributed by atoms with E-state index < -0.39 is 0 Å². The van der Waals surface area contributed by atoms with Gasteiger partial charge in [-0.05, 0) is 65.6 Å². The van der Waals surface area contributed by atoms with Gasteiger partial charge in [0.05, 0.1) is 10.4 Å². The van der Waals surface area contributed by atoms with E-state index in [0.717, 1.165) is 53.6 Å². The number of nitrogens with zero attached hydrogens (tertiary/aromatic N) is 2. The molecule has 0 bridgehead atoms. The van der Waals surface area contributed by atoms with E-state index in [2.05, 4.69) is 90.7 Å². The number of hydrogen-bond donors (Lipinski definition) is 1. The summed E-state index contributed by atoms with van der Waals surface area (Å²) in [6, 6.07) is 22.7. The maximum absolute atomic E-state index is 12.2. The summed E-state index contributed by atoms with van der Waals surface area (Å²) in [6.07, 6.45) is 8.51. The van der Waals surface area contributed by atoms with Gasteiger partial charge in [-0.25, -0.2) is 0 Å². The van der Waals surface area contributed by atoms with Crippen LogP contribution in [0.5, 0.6) is 0 Å². The molecule has 0 spiro atoms. The Hall–Kier alpha value is -3.18. The molecule has 47 heavy (non-hydrogen) atoms.